The standard InChI is InChI=1S/C11H9F3N2O/c1-6-9(16-10(17)15-6)7-4-2-3-5-8(7)11(12,13)14/h2-5H,1H3,(H2,15,16,17). The zero-order chi connectivity index (χ0) is 12.6. The Bertz CT molecular complexity index is 595. The molecule has 0 aliphatic rings. The second-order valence-electron chi connectivity index (χ2n) is 3.62. The molecule has 1 aromatic carbocycles. The maximum atomic E-state index is 12.8. The van der Waals surface area contributed by atoms with E-state index in [-0.39, 0.29) is 11.3 Å². The lowest BCUT2D eigenvalue weighted by atomic mass is 10.0. The average molecular weight is 242 g/mol. The fourth-order valence-corrected chi connectivity index (χ4v) is 1.69. The first-order valence-electron chi connectivity index (χ1n) is 4.85. The SMILES string of the molecule is Cc1[nH]c(=O)[nH]c1-c1ccccc1C(F)(F)F. The van der Waals surface area contributed by atoms with Crippen molar-refractivity contribution in [1.82, 2.24) is 9.97 Å². The number of hydrogen-bond acceptors (Lipinski definition) is 1. The van der Waals surface area contributed by atoms with Gasteiger partial charge in [0.15, 0.2) is 0 Å². The summed E-state index contributed by atoms with van der Waals surface area (Å²) in [4.78, 5) is 15.8. The topological polar surface area (TPSA) is 48.6 Å². The molecule has 0 radical (unpaired) electrons. The molecule has 0 atom stereocenters. The maximum absolute atomic E-state index is 12.8. The Morgan fingerprint density at radius 1 is 1.12 bits per heavy atom. The number of nitrogens with one attached hydrogen (secondary N) is 2. The van der Waals surface area contributed by atoms with E-state index in [9.17, 15) is 18.0 Å². The van der Waals surface area contributed by atoms with E-state index < -0.39 is 17.4 Å². The van der Waals surface area contributed by atoms with E-state index in [1.807, 2.05) is 0 Å². The molecule has 6 heteroatoms. The molecular formula is C11H9F3N2O. The minimum absolute atomic E-state index is 0.0316. The number of aromatic amines is 2. The second-order valence-corrected chi connectivity index (χ2v) is 3.62. The van der Waals surface area contributed by atoms with E-state index in [0.717, 1.165) is 6.07 Å². The number of imidazole rings is 1. The fourth-order valence-electron chi connectivity index (χ4n) is 1.69. The van der Waals surface area contributed by atoms with Gasteiger partial charge in [0.1, 0.15) is 0 Å². The van der Waals surface area contributed by atoms with Crippen LogP contribution >= 0.6 is 0 Å². The van der Waals surface area contributed by atoms with E-state index in [4.69, 9.17) is 0 Å². The molecule has 0 aliphatic heterocycles. The molecule has 1 aromatic heterocycles. The van der Waals surface area contributed by atoms with Crippen LogP contribution in [0.1, 0.15) is 11.3 Å². The van der Waals surface area contributed by atoms with E-state index in [1.165, 1.54) is 18.2 Å². The Hall–Kier alpha value is -1.98. The lowest BCUT2D eigenvalue weighted by Crippen LogP contribution is -2.07. The molecule has 17 heavy (non-hydrogen) atoms. The molecular weight excluding hydrogens is 233 g/mol. The molecule has 2 N–H and O–H groups in total. The summed E-state index contributed by atoms with van der Waals surface area (Å²) >= 11 is 0. The Labute approximate surface area is 94.3 Å². The lowest BCUT2D eigenvalue weighted by molar-refractivity contribution is -0.137. The molecule has 0 saturated carbocycles. The van der Waals surface area contributed by atoms with Crippen LogP contribution in [0.5, 0.6) is 0 Å². The van der Waals surface area contributed by atoms with Crippen LogP contribution in [-0.4, -0.2) is 9.97 Å². The largest absolute Gasteiger partial charge is 0.417 e. The molecule has 90 valence electrons. The van der Waals surface area contributed by atoms with Crippen molar-refractivity contribution < 1.29 is 13.2 Å². The summed E-state index contributed by atoms with van der Waals surface area (Å²) in [7, 11) is 0. The minimum Gasteiger partial charge on any atom is -0.310 e. The van der Waals surface area contributed by atoms with Crippen LogP contribution in [0.25, 0.3) is 11.3 Å². The average Bonchev–Trinajstić information content (AvgIpc) is 2.56. The van der Waals surface area contributed by atoms with Crippen molar-refractivity contribution in [2.24, 2.45) is 0 Å². The smallest absolute Gasteiger partial charge is 0.310 e. The summed E-state index contributed by atoms with van der Waals surface area (Å²) in [6.45, 7) is 1.54. The maximum Gasteiger partial charge on any atom is 0.417 e. The molecule has 0 bridgehead atoms. The van der Waals surface area contributed by atoms with E-state index in [0.29, 0.717) is 5.69 Å². The second kappa shape index (κ2) is 3.80. The molecule has 1 heterocycles. The van der Waals surface area contributed by atoms with Gasteiger partial charge in [-0.25, -0.2) is 4.79 Å². The fraction of sp³-hybridized carbons (Fsp3) is 0.182. The summed E-state index contributed by atoms with van der Waals surface area (Å²) in [5.41, 5.74) is -0.765. The molecule has 0 unspecified atom stereocenters. The number of benzene rings is 1. The van der Waals surface area contributed by atoms with Gasteiger partial charge in [-0.3, -0.25) is 0 Å². The van der Waals surface area contributed by atoms with Gasteiger partial charge in [0.25, 0.3) is 0 Å². The first-order valence-corrected chi connectivity index (χ1v) is 4.85. The number of alkyl halides is 3. The Kier molecular flexibility index (Phi) is 2.57. The highest BCUT2D eigenvalue weighted by Gasteiger charge is 2.33. The van der Waals surface area contributed by atoms with Gasteiger partial charge in [-0.1, -0.05) is 18.2 Å². The van der Waals surface area contributed by atoms with Gasteiger partial charge in [0.2, 0.25) is 0 Å². The van der Waals surface area contributed by atoms with Crippen molar-refractivity contribution in [3.63, 3.8) is 0 Å². The van der Waals surface area contributed by atoms with Gasteiger partial charge in [-0.15, -0.1) is 0 Å². The molecule has 0 saturated heterocycles. The highest BCUT2D eigenvalue weighted by molar-refractivity contribution is 5.66. The van der Waals surface area contributed by atoms with Gasteiger partial charge < -0.3 is 9.97 Å². The molecule has 0 spiro atoms. The zero-order valence-corrected chi connectivity index (χ0v) is 8.85. The van der Waals surface area contributed by atoms with Gasteiger partial charge in [-0.05, 0) is 13.0 Å². The first-order chi connectivity index (χ1) is 7.89. The van der Waals surface area contributed by atoms with E-state index in [1.54, 1.807) is 6.92 Å². The van der Waals surface area contributed by atoms with Crippen LogP contribution < -0.4 is 5.69 Å². The normalized spacial score (nSPS) is 11.8. The van der Waals surface area contributed by atoms with E-state index >= 15 is 0 Å². The highest BCUT2D eigenvalue weighted by atomic mass is 19.4. The van der Waals surface area contributed by atoms with Crippen LogP contribution in [0.2, 0.25) is 0 Å². The van der Waals surface area contributed by atoms with Crippen LogP contribution in [0.3, 0.4) is 0 Å². The molecule has 0 amide bonds. The van der Waals surface area contributed by atoms with Gasteiger partial charge >= 0.3 is 11.9 Å². The minimum atomic E-state index is -4.45. The van der Waals surface area contributed by atoms with Crippen molar-refractivity contribution in [1.29, 1.82) is 0 Å². The van der Waals surface area contributed by atoms with Crippen molar-refractivity contribution >= 4 is 0 Å². The third-order valence-electron chi connectivity index (χ3n) is 2.42. The lowest BCUT2D eigenvalue weighted by Gasteiger charge is -2.11. The van der Waals surface area contributed by atoms with Crippen molar-refractivity contribution in [3.05, 3.63) is 46.0 Å². The molecule has 3 nitrogen and oxygen atoms in total. The number of aromatic nitrogens is 2. The van der Waals surface area contributed by atoms with Crippen molar-refractivity contribution in [3.8, 4) is 11.3 Å². The van der Waals surface area contributed by atoms with Crippen LogP contribution in [0, 0.1) is 6.92 Å². The van der Waals surface area contributed by atoms with Gasteiger partial charge in [-0.2, -0.15) is 13.2 Å². The third-order valence-corrected chi connectivity index (χ3v) is 2.42. The molecule has 2 rings (SSSR count). The summed E-state index contributed by atoms with van der Waals surface area (Å²) in [6, 6.07) is 5.12. The monoisotopic (exact) mass is 242 g/mol. The van der Waals surface area contributed by atoms with Gasteiger partial charge in [0, 0.05) is 11.3 Å². The quantitative estimate of drug-likeness (QED) is 0.793. The summed E-state index contributed by atoms with van der Waals surface area (Å²) < 4.78 is 38.3. The highest BCUT2D eigenvalue weighted by Crippen LogP contribution is 2.36. The molecule has 0 fully saturated rings. The van der Waals surface area contributed by atoms with Crippen molar-refractivity contribution in [2.75, 3.05) is 0 Å². The Balaban J connectivity index is 2.68. The predicted molar refractivity (Wildman–Crippen MR) is 56.6 cm³/mol. The summed E-state index contributed by atoms with van der Waals surface area (Å²) in [5, 5.41) is 0. The molecule has 0 aliphatic carbocycles. The number of H-pyrrole nitrogens is 2. The Morgan fingerprint density at radius 2 is 1.76 bits per heavy atom. The predicted octanol–water partition coefficient (Wildman–Crippen LogP) is 2.70. The number of aryl methyl sites for hydroxylation is 1. The Morgan fingerprint density at radius 3 is 2.29 bits per heavy atom. The third kappa shape index (κ3) is 2.11. The summed E-state index contributed by atoms with van der Waals surface area (Å²) in [5.74, 6) is 0. The first kappa shape index (κ1) is 11.5. The van der Waals surface area contributed by atoms with E-state index in [2.05, 4.69) is 9.97 Å². The molecule has 2 aromatic rings. The number of halogens is 3. The van der Waals surface area contributed by atoms with Crippen molar-refractivity contribution in [2.45, 2.75) is 13.1 Å². The number of hydrogen-bond donors (Lipinski definition) is 2. The summed E-state index contributed by atoms with van der Waals surface area (Å²) in [6.07, 6.45) is -4.45. The van der Waals surface area contributed by atoms with Crippen LogP contribution in [-0.2, 0) is 6.18 Å². The zero-order valence-electron chi connectivity index (χ0n) is 8.85. The van der Waals surface area contributed by atoms with Gasteiger partial charge in [0.05, 0.1) is 11.3 Å². The van der Waals surface area contributed by atoms with Crippen LogP contribution in [0.4, 0.5) is 13.2 Å². The van der Waals surface area contributed by atoms with Crippen LogP contribution in [0.15, 0.2) is 29.1 Å². The number of rotatable bonds is 1.